The van der Waals surface area contributed by atoms with Crippen LogP contribution >= 0.6 is 0 Å². The van der Waals surface area contributed by atoms with Gasteiger partial charge in [0.15, 0.2) is 0 Å². The van der Waals surface area contributed by atoms with Gasteiger partial charge in [-0.25, -0.2) is 0 Å². The molecule has 4 heteroatoms. The molecule has 0 bridgehead atoms. The van der Waals surface area contributed by atoms with Crippen LogP contribution in [0.3, 0.4) is 0 Å². The van der Waals surface area contributed by atoms with E-state index in [2.05, 4.69) is 0 Å². The third-order valence-electron chi connectivity index (χ3n) is 2.66. The molecule has 1 atom stereocenters. The quantitative estimate of drug-likeness (QED) is 0.793. The highest BCUT2D eigenvalue weighted by atomic mass is 16.5. The maximum Gasteiger partial charge on any atom is 0.306 e. The molecule has 0 radical (unpaired) electrons. The van der Waals surface area contributed by atoms with Gasteiger partial charge in [0.25, 0.3) is 0 Å². The van der Waals surface area contributed by atoms with Gasteiger partial charge in [-0.15, -0.1) is 0 Å². The van der Waals surface area contributed by atoms with Crippen molar-refractivity contribution in [1.29, 1.82) is 0 Å². The van der Waals surface area contributed by atoms with E-state index in [1.807, 2.05) is 24.3 Å². The fourth-order valence-electron chi connectivity index (χ4n) is 1.73. The maximum absolute atomic E-state index is 10.6. The molecule has 0 aliphatic heterocycles. The van der Waals surface area contributed by atoms with Gasteiger partial charge in [-0.05, 0) is 31.4 Å². The molecule has 17 heavy (non-hydrogen) atoms. The smallest absolute Gasteiger partial charge is 0.306 e. The van der Waals surface area contributed by atoms with Gasteiger partial charge in [0.2, 0.25) is 0 Å². The highest BCUT2D eigenvalue weighted by Crippen LogP contribution is 2.23. The van der Waals surface area contributed by atoms with Gasteiger partial charge in [-0.3, -0.25) is 4.79 Å². The monoisotopic (exact) mass is 238 g/mol. The topological polar surface area (TPSA) is 66.8 Å². The summed E-state index contributed by atoms with van der Waals surface area (Å²) in [6.07, 6.45) is 0.728. The lowest BCUT2D eigenvalue weighted by molar-refractivity contribution is -0.142. The average Bonchev–Trinajstić information content (AvgIpc) is 2.25. The summed E-state index contributed by atoms with van der Waals surface area (Å²) in [5, 5.41) is 18.6. The number of methoxy groups -OCH3 is 1. The number of carboxylic acid groups (broad SMARTS) is 1. The molecule has 1 aromatic rings. The number of carboxylic acids is 1. The number of rotatable bonds is 6. The summed E-state index contributed by atoms with van der Waals surface area (Å²) >= 11 is 0. The van der Waals surface area contributed by atoms with E-state index in [0.29, 0.717) is 12.8 Å². The fraction of sp³-hybridized carbons (Fsp3) is 0.462. The molecule has 2 N–H and O–H groups in total. The lowest BCUT2D eigenvalue weighted by Crippen LogP contribution is -2.28. The Labute approximate surface area is 101 Å². The Morgan fingerprint density at radius 1 is 1.41 bits per heavy atom. The van der Waals surface area contributed by atoms with Gasteiger partial charge in [0.05, 0.1) is 19.1 Å². The van der Waals surface area contributed by atoms with Crippen LogP contribution in [0.25, 0.3) is 0 Å². The largest absolute Gasteiger partial charge is 0.496 e. The van der Waals surface area contributed by atoms with Crippen LogP contribution in [0.15, 0.2) is 24.3 Å². The van der Waals surface area contributed by atoms with Crippen LogP contribution in [0.4, 0.5) is 0 Å². The van der Waals surface area contributed by atoms with Crippen molar-refractivity contribution in [1.82, 2.24) is 0 Å². The molecule has 1 aromatic carbocycles. The summed E-state index contributed by atoms with van der Waals surface area (Å²) in [5.74, 6) is -0.228. The minimum Gasteiger partial charge on any atom is -0.496 e. The van der Waals surface area contributed by atoms with E-state index in [1.165, 1.54) is 6.92 Å². The number of aryl methyl sites for hydroxylation is 1. The minimum absolute atomic E-state index is 0.248. The van der Waals surface area contributed by atoms with Crippen molar-refractivity contribution >= 4 is 5.97 Å². The molecule has 0 aliphatic carbocycles. The standard InChI is InChI=1S/C13H18O4/c1-13(16,9-12(14)15)8-7-10-5-3-4-6-11(10)17-2/h3-6,16H,7-9H2,1-2H3,(H,14,15). The first-order chi connectivity index (χ1) is 7.94. The molecule has 0 aliphatic rings. The molecule has 0 aromatic heterocycles. The molecule has 1 rings (SSSR count). The Hall–Kier alpha value is -1.55. The van der Waals surface area contributed by atoms with Crippen LogP contribution < -0.4 is 4.74 Å². The van der Waals surface area contributed by atoms with Gasteiger partial charge in [0.1, 0.15) is 5.75 Å². The second-order valence-corrected chi connectivity index (χ2v) is 4.38. The first-order valence-electron chi connectivity index (χ1n) is 5.51. The van der Waals surface area contributed by atoms with Crippen LogP contribution in [-0.2, 0) is 11.2 Å². The Bertz CT molecular complexity index is 385. The van der Waals surface area contributed by atoms with Crippen molar-refractivity contribution < 1.29 is 19.7 Å². The Kier molecular flexibility index (Phi) is 4.52. The van der Waals surface area contributed by atoms with E-state index in [-0.39, 0.29) is 6.42 Å². The Morgan fingerprint density at radius 2 is 2.06 bits per heavy atom. The summed E-state index contributed by atoms with van der Waals surface area (Å²) in [5.41, 5.74) is -0.215. The molecule has 0 heterocycles. The van der Waals surface area contributed by atoms with Crippen LogP contribution in [0.1, 0.15) is 25.3 Å². The fourth-order valence-corrected chi connectivity index (χ4v) is 1.73. The number of benzene rings is 1. The van der Waals surface area contributed by atoms with Crippen molar-refractivity contribution in [2.45, 2.75) is 31.8 Å². The summed E-state index contributed by atoms with van der Waals surface area (Å²) in [7, 11) is 1.59. The summed E-state index contributed by atoms with van der Waals surface area (Å²) in [6, 6.07) is 7.53. The molecule has 0 saturated carbocycles. The summed E-state index contributed by atoms with van der Waals surface area (Å²) in [4.78, 5) is 10.6. The first kappa shape index (κ1) is 13.5. The van der Waals surface area contributed by atoms with Gasteiger partial charge in [-0.1, -0.05) is 18.2 Å². The lowest BCUT2D eigenvalue weighted by Gasteiger charge is -2.21. The third kappa shape index (κ3) is 4.44. The zero-order valence-corrected chi connectivity index (χ0v) is 10.1. The summed E-state index contributed by atoms with van der Waals surface area (Å²) < 4.78 is 5.19. The molecule has 4 nitrogen and oxygen atoms in total. The van der Waals surface area contributed by atoms with Crippen LogP contribution in [0.5, 0.6) is 5.75 Å². The number of hydrogen-bond acceptors (Lipinski definition) is 3. The Morgan fingerprint density at radius 3 is 2.65 bits per heavy atom. The number of aliphatic hydroxyl groups is 1. The van der Waals surface area contributed by atoms with E-state index in [1.54, 1.807) is 7.11 Å². The predicted octanol–water partition coefficient (Wildman–Crippen LogP) is 1.85. The zero-order chi connectivity index (χ0) is 12.9. The molecule has 0 spiro atoms. The molecule has 0 fully saturated rings. The average molecular weight is 238 g/mol. The SMILES string of the molecule is COc1ccccc1CCC(C)(O)CC(=O)O. The van der Waals surface area contributed by atoms with Crippen molar-refractivity contribution in [2.75, 3.05) is 7.11 Å². The molecular weight excluding hydrogens is 220 g/mol. The highest BCUT2D eigenvalue weighted by molar-refractivity contribution is 5.68. The molecule has 0 saturated heterocycles. The number of para-hydroxylation sites is 1. The van der Waals surface area contributed by atoms with E-state index >= 15 is 0 Å². The van der Waals surface area contributed by atoms with Crippen LogP contribution in [0.2, 0.25) is 0 Å². The van der Waals surface area contributed by atoms with E-state index in [4.69, 9.17) is 9.84 Å². The van der Waals surface area contributed by atoms with Gasteiger partial charge < -0.3 is 14.9 Å². The van der Waals surface area contributed by atoms with E-state index < -0.39 is 11.6 Å². The molecule has 1 unspecified atom stereocenters. The second kappa shape index (κ2) is 5.68. The van der Waals surface area contributed by atoms with E-state index in [0.717, 1.165) is 11.3 Å². The molecular formula is C13H18O4. The Balaban J connectivity index is 2.63. The van der Waals surface area contributed by atoms with Crippen molar-refractivity contribution in [3.63, 3.8) is 0 Å². The third-order valence-corrected chi connectivity index (χ3v) is 2.66. The highest BCUT2D eigenvalue weighted by Gasteiger charge is 2.24. The van der Waals surface area contributed by atoms with E-state index in [9.17, 15) is 9.90 Å². The normalized spacial score (nSPS) is 14.1. The predicted molar refractivity (Wildman–Crippen MR) is 64.2 cm³/mol. The van der Waals surface area contributed by atoms with Crippen LogP contribution in [-0.4, -0.2) is 28.9 Å². The van der Waals surface area contributed by atoms with Gasteiger partial charge in [-0.2, -0.15) is 0 Å². The lowest BCUT2D eigenvalue weighted by atomic mass is 9.93. The molecule has 94 valence electrons. The van der Waals surface area contributed by atoms with Crippen molar-refractivity contribution in [2.24, 2.45) is 0 Å². The number of hydrogen-bond donors (Lipinski definition) is 2. The number of ether oxygens (including phenoxy) is 1. The molecule has 0 amide bonds. The van der Waals surface area contributed by atoms with Gasteiger partial charge in [0, 0.05) is 0 Å². The van der Waals surface area contributed by atoms with Crippen molar-refractivity contribution in [3.8, 4) is 5.75 Å². The zero-order valence-electron chi connectivity index (χ0n) is 10.1. The van der Waals surface area contributed by atoms with Gasteiger partial charge >= 0.3 is 5.97 Å². The summed E-state index contributed by atoms with van der Waals surface area (Å²) in [6.45, 7) is 1.54. The number of carbonyl (C=O) groups is 1. The number of aliphatic carboxylic acids is 1. The second-order valence-electron chi connectivity index (χ2n) is 4.38. The maximum atomic E-state index is 10.6. The minimum atomic E-state index is -1.19. The van der Waals surface area contributed by atoms with Crippen LogP contribution in [0, 0.1) is 0 Å². The van der Waals surface area contributed by atoms with Crippen molar-refractivity contribution in [3.05, 3.63) is 29.8 Å². The first-order valence-corrected chi connectivity index (χ1v) is 5.51.